The minimum absolute atomic E-state index is 0.0968. The molecule has 0 heterocycles. The molecule has 0 fully saturated rings. The average molecular weight is 376 g/mol. The van der Waals surface area contributed by atoms with E-state index in [0.717, 1.165) is 11.1 Å². The fourth-order valence-electron chi connectivity index (χ4n) is 2.37. The van der Waals surface area contributed by atoms with E-state index < -0.39 is 30.1 Å². The fraction of sp³-hybridized carbons (Fsp3) is 0.450. The second-order valence-electron chi connectivity index (χ2n) is 6.67. The summed E-state index contributed by atoms with van der Waals surface area (Å²) in [5.74, 6) is -1.27. The minimum Gasteiger partial charge on any atom is -0.467 e. The summed E-state index contributed by atoms with van der Waals surface area (Å²) in [6, 6.07) is 7.50. The minimum atomic E-state index is -0.858. The van der Waals surface area contributed by atoms with Crippen LogP contribution in [0.4, 0.5) is 4.79 Å². The summed E-state index contributed by atoms with van der Waals surface area (Å²) in [4.78, 5) is 36.5. The number of hydrogen-bond donors (Lipinski definition) is 2. The summed E-state index contributed by atoms with van der Waals surface area (Å²) >= 11 is 0. The van der Waals surface area contributed by atoms with Gasteiger partial charge in [0.1, 0.15) is 18.7 Å². The van der Waals surface area contributed by atoms with Crippen molar-refractivity contribution in [2.75, 3.05) is 7.11 Å². The number of ether oxygens (including phenoxy) is 2. The number of methoxy groups -OCH3 is 1. The summed E-state index contributed by atoms with van der Waals surface area (Å²) < 4.78 is 9.88. The van der Waals surface area contributed by atoms with E-state index in [1.807, 2.05) is 30.3 Å². The highest BCUT2D eigenvalue weighted by atomic mass is 16.5. The van der Waals surface area contributed by atoms with Crippen LogP contribution in [0, 0.1) is 5.92 Å². The quantitative estimate of drug-likeness (QED) is 0.510. The second-order valence-corrected chi connectivity index (χ2v) is 6.67. The Hall–Kier alpha value is -2.83. The number of carbonyl (C=O) groups is 3. The number of amides is 2. The van der Waals surface area contributed by atoms with Crippen molar-refractivity contribution in [1.29, 1.82) is 0 Å². The lowest BCUT2D eigenvalue weighted by molar-refractivity contribution is -0.145. The monoisotopic (exact) mass is 376 g/mol. The van der Waals surface area contributed by atoms with E-state index in [2.05, 4.69) is 17.2 Å². The van der Waals surface area contributed by atoms with Gasteiger partial charge < -0.3 is 20.1 Å². The number of benzene rings is 1. The van der Waals surface area contributed by atoms with Crippen molar-refractivity contribution in [3.05, 3.63) is 48.0 Å². The first-order chi connectivity index (χ1) is 12.7. The molecule has 0 saturated heterocycles. The number of rotatable bonds is 9. The Balaban J connectivity index is 2.69. The summed E-state index contributed by atoms with van der Waals surface area (Å²) in [5, 5.41) is 5.17. The zero-order valence-electron chi connectivity index (χ0n) is 16.3. The molecule has 0 bridgehead atoms. The van der Waals surface area contributed by atoms with E-state index in [4.69, 9.17) is 9.47 Å². The third-order valence-corrected chi connectivity index (χ3v) is 3.79. The lowest BCUT2D eigenvalue weighted by atomic mass is 10.0. The van der Waals surface area contributed by atoms with Gasteiger partial charge in [-0.2, -0.15) is 0 Å². The smallest absolute Gasteiger partial charge is 0.408 e. The van der Waals surface area contributed by atoms with E-state index in [1.165, 1.54) is 7.11 Å². The molecule has 148 valence electrons. The Morgan fingerprint density at radius 2 is 1.74 bits per heavy atom. The highest BCUT2D eigenvalue weighted by Gasteiger charge is 2.29. The number of esters is 1. The largest absolute Gasteiger partial charge is 0.467 e. The molecule has 0 radical (unpaired) electrons. The lowest BCUT2D eigenvalue weighted by Crippen LogP contribution is -2.54. The molecule has 7 heteroatoms. The van der Waals surface area contributed by atoms with Crippen molar-refractivity contribution in [3.8, 4) is 0 Å². The van der Waals surface area contributed by atoms with Gasteiger partial charge >= 0.3 is 12.1 Å². The van der Waals surface area contributed by atoms with Crippen LogP contribution < -0.4 is 10.6 Å². The fourth-order valence-corrected chi connectivity index (χ4v) is 2.37. The summed E-state index contributed by atoms with van der Waals surface area (Å²) in [6.07, 6.45) is -0.455. The molecule has 0 aliphatic heterocycles. The Bertz CT molecular complexity index is 658. The molecule has 1 aromatic carbocycles. The number of hydrogen-bond acceptors (Lipinski definition) is 5. The van der Waals surface area contributed by atoms with Gasteiger partial charge in [0, 0.05) is 0 Å². The predicted octanol–water partition coefficient (Wildman–Crippen LogP) is 2.56. The molecule has 0 spiro atoms. The molecule has 0 aliphatic rings. The highest BCUT2D eigenvalue weighted by Crippen LogP contribution is 2.08. The lowest BCUT2D eigenvalue weighted by Gasteiger charge is -2.24. The maximum atomic E-state index is 12.6. The Kier molecular flexibility index (Phi) is 9.05. The third-order valence-electron chi connectivity index (χ3n) is 3.79. The molecule has 2 N–H and O–H groups in total. The van der Waals surface area contributed by atoms with Gasteiger partial charge in [0.2, 0.25) is 5.91 Å². The maximum absolute atomic E-state index is 12.6. The molecular formula is C20H28N2O5. The SMILES string of the molecule is C=C(C)C[C@@H](NC(=O)[C@@H](NC(=O)OCc1ccccc1)C(C)C)C(=O)OC. The second kappa shape index (κ2) is 11.0. The summed E-state index contributed by atoms with van der Waals surface area (Å²) in [7, 11) is 1.25. The van der Waals surface area contributed by atoms with Gasteiger partial charge in [0.05, 0.1) is 7.11 Å². The van der Waals surface area contributed by atoms with Gasteiger partial charge in [0.25, 0.3) is 0 Å². The number of alkyl carbamates (subject to hydrolysis) is 1. The zero-order valence-corrected chi connectivity index (χ0v) is 16.3. The Labute approximate surface area is 160 Å². The van der Waals surface area contributed by atoms with Gasteiger partial charge in [-0.25, -0.2) is 9.59 Å². The van der Waals surface area contributed by atoms with E-state index in [9.17, 15) is 14.4 Å². The molecule has 1 rings (SSSR count). The molecule has 1 aromatic rings. The first kappa shape index (κ1) is 22.2. The van der Waals surface area contributed by atoms with Crippen LogP contribution in [0.1, 0.15) is 32.8 Å². The molecule has 0 aliphatic carbocycles. The highest BCUT2D eigenvalue weighted by molar-refractivity contribution is 5.89. The Morgan fingerprint density at radius 1 is 1.11 bits per heavy atom. The Morgan fingerprint density at radius 3 is 2.26 bits per heavy atom. The topological polar surface area (TPSA) is 93.7 Å². The normalized spacial score (nSPS) is 12.6. The molecule has 0 unspecified atom stereocenters. The van der Waals surface area contributed by atoms with E-state index >= 15 is 0 Å². The van der Waals surface area contributed by atoms with Crippen LogP contribution in [0.25, 0.3) is 0 Å². The van der Waals surface area contributed by atoms with Crippen LogP contribution >= 0.6 is 0 Å². The van der Waals surface area contributed by atoms with Crippen molar-refractivity contribution in [1.82, 2.24) is 10.6 Å². The number of carbonyl (C=O) groups excluding carboxylic acids is 3. The van der Waals surface area contributed by atoms with Crippen LogP contribution in [0.15, 0.2) is 42.5 Å². The molecule has 27 heavy (non-hydrogen) atoms. The average Bonchev–Trinajstić information content (AvgIpc) is 2.63. The van der Waals surface area contributed by atoms with Crippen molar-refractivity contribution < 1.29 is 23.9 Å². The van der Waals surface area contributed by atoms with Crippen molar-refractivity contribution in [2.24, 2.45) is 5.92 Å². The summed E-state index contributed by atoms with van der Waals surface area (Å²) in [6.45, 7) is 9.17. The van der Waals surface area contributed by atoms with E-state index in [1.54, 1.807) is 20.8 Å². The standard InChI is InChI=1S/C20H28N2O5/c1-13(2)11-16(19(24)26-5)21-18(23)17(14(3)4)22-20(25)27-12-15-9-7-6-8-10-15/h6-10,14,16-17H,1,11-12H2,2-5H3,(H,21,23)(H,22,25)/t16-,17+/m1/s1. The van der Waals surface area contributed by atoms with Crippen molar-refractivity contribution >= 4 is 18.0 Å². The third kappa shape index (κ3) is 7.94. The molecule has 0 saturated carbocycles. The van der Waals surface area contributed by atoms with E-state index in [0.29, 0.717) is 0 Å². The van der Waals surface area contributed by atoms with Gasteiger partial charge in [0.15, 0.2) is 0 Å². The van der Waals surface area contributed by atoms with Crippen molar-refractivity contribution in [2.45, 2.75) is 45.9 Å². The van der Waals surface area contributed by atoms with Crippen LogP contribution in [-0.4, -0.2) is 37.2 Å². The van der Waals surface area contributed by atoms with E-state index in [-0.39, 0.29) is 18.9 Å². The molecule has 2 atom stereocenters. The van der Waals surface area contributed by atoms with Crippen LogP contribution in [-0.2, 0) is 25.7 Å². The van der Waals surface area contributed by atoms with Gasteiger partial charge in [-0.15, -0.1) is 6.58 Å². The predicted molar refractivity (Wildman–Crippen MR) is 102 cm³/mol. The first-order valence-corrected chi connectivity index (χ1v) is 8.74. The molecule has 2 amide bonds. The zero-order chi connectivity index (χ0) is 20.4. The van der Waals surface area contributed by atoms with Gasteiger partial charge in [-0.3, -0.25) is 4.79 Å². The van der Waals surface area contributed by atoms with Crippen LogP contribution in [0.3, 0.4) is 0 Å². The molecule has 7 nitrogen and oxygen atoms in total. The van der Waals surface area contributed by atoms with Gasteiger partial charge in [-0.1, -0.05) is 49.8 Å². The van der Waals surface area contributed by atoms with Crippen LogP contribution in [0.5, 0.6) is 0 Å². The van der Waals surface area contributed by atoms with Gasteiger partial charge in [-0.05, 0) is 24.8 Å². The van der Waals surface area contributed by atoms with Crippen molar-refractivity contribution in [3.63, 3.8) is 0 Å². The maximum Gasteiger partial charge on any atom is 0.408 e. The molecule has 0 aromatic heterocycles. The van der Waals surface area contributed by atoms with Crippen LogP contribution in [0.2, 0.25) is 0 Å². The number of nitrogens with one attached hydrogen (secondary N) is 2. The molecular weight excluding hydrogens is 348 g/mol. The summed E-state index contributed by atoms with van der Waals surface area (Å²) in [5.41, 5.74) is 1.56. The first-order valence-electron chi connectivity index (χ1n) is 8.74.